The summed E-state index contributed by atoms with van der Waals surface area (Å²) >= 11 is 0. The summed E-state index contributed by atoms with van der Waals surface area (Å²) in [6, 6.07) is 5.26. The van der Waals surface area contributed by atoms with E-state index < -0.39 is 4.92 Å². The molecule has 1 aromatic carbocycles. The third-order valence-electron chi connectivity index (χ3n) is 4.83. The molecule has 0 atom stereocenters. The highest BCUT2D eigenvalue weighted by atomic mass is 16.6. The Morgan fingerprint density at radius 3 is 2.29 bits per heavy atom. The first-order valence-corrected chi connectivity index (χ1v) is 8.99. The van der Waals surface area contributed by atoms with Gasteiger partial charge in [0.15, 0.2) is 0 Å². The zero-order chi connectivity index (χ0) is 16.9. The van der Waals surface area contributed by atoms with Crippen LogP contribution in [0, 0.1) is 10.1 Å². The quantitative estimate of drug-likeness (QED) is 0.630. The number of carbonyl (C=O) groups is 1. The molecule has 0 aromatic heterocycles. The number of benzene rings is 1. The molecule has 0 aliphatic heterocycles. The van der Waals surface area contributed by atoms with E-state index in [1.54, 1.807) is 12.1 Å². The van der Waals surface area contributed by atoms with Gasteiger partial charge in [0.1, 0.15) is 5.69 Å². The van der Waals surface area contributed by atoms with Gasteiger partial charge < -0.3 is 10.6 Å². The van der Waals surface area contributed by atoms with Crippen molar-refractivity contribution in [2.24, 2.45) is 0 Å². The molecule has 1 aromatic rings. The van der Waals surface area contributed by atoms with Crippen LogP contribution in [0.5, 0.6) is 0 Å². The average molecular weight is 331 g/mol. The maximum Gasteiger partial charge on any atom is 0.293 e. The number of amides is 1. The number of anilines is 1. The SMILES string of the molecule is O=C(NC1CC1)c1ccc(NC2CCCCCCC2)c([N+](=O)[O-])c1. The van der Waals surface area contributed by atoms with Crippen LogP contribution in [0.1, 0.15) is 68.1 Å². The minimum atomic E-state index is -0.404. The number of nitrogens with zero attached hydrogens (tertiary/aromatic N) is 1. The van der Waals surface area contributed by atoms with E-state index in [0.29, 0.717) is 11.3 Å². The van der Waals surface area contributed by atoms with Crippen LogP contribution in [0.15, 0.2) is 18.2 Å². The summed E-state index contributed by atoms with van der Waals surface area (Å²) in [4.78, 5) is 23.1. The molecule has 2 N–H and O–H groups in total. The number of nitro benzene ring substituents is 1. The van der Waals surface area contributed by atoms with Crippen molar-refractivity contribution in [3.05, 3.63) is 33.9 Å². The van der Waals surface area contributed by atoms with Gasteiger partial charge in [-0.15, -0.1) is 0 Å². The number of hydrogen-bond acceptors (Lipinski definition) is 4. The summed E-state index contributed by atoms with van der Waals surface area (Å²) in [5, 5.41) is 17.6. The second kappa shape index (κ2) is 7.64. The number of nitro groups is 1. The molecule has 6 nitrogen and oxygen atoms in total. The zero-order valence-electron chi connectivity index (χ0n) is 13.9. The minimum Gasteiger partial charge on any atom is -0.377 e. The lowest BCUT2D eigenvalue weighted by molar-refractivity contribution is -0.384. The first-order valence-electron chi connectivity index (χ1n) is 8.99. The summed E-state index contributed by atoms with van der Waals surface area (Å²) in [5.74, 6) is -0.224. The van der Waals surface area contributed by atoms with Crippen molar-refractivity contribution >= 4 is 17.3 Å². The lowest BCUT2D eigenvalue weighted by atomic mass is 9.96. The van der Waals surface area contributed by atoms with E-state index >= 15 is 0 Å². The predicted octanol–water partition coefficient (Wildman–Crippen LogP) is 4.01. The molecule has 1 amide bonds. The van der Waals surface area contributed by atoms with E-state index in [1.165, 1.54) is 25.3 Å². The smallest absolute Gasteiger partial charge is 0.293 e. The first kappa shape index (κ1) is 16.7. The van der Waals surface area contributed by atoms with Gasteiger partial charge in [-0.05, 0) is 37.8 Å². The van der Waals surface area contributed by atoms with Crippen molar-refractivity contribution in [2.75, 3.05) is 5.32 Å². The molecule has 2 aliphatic carbocycles. The second-order valence-corrected chi connectivity index (χ2v) is 6.92. The summed E-state index contributed by atoms with van der Waals surface area (Å²) < 4.78 is 0. The molecular formula is C18H25N3O3. The van der Waals surface area contributed by atoms with Crippen LogP contribution in [-0.2, 0) is 0 Å². The summed E-state index contributed by atoms with van der Waals surface area (Å²) in [5.41, 5.74) is 0.867. The van der Waals surface area contributed by atoms with Gasteiger partial charge in [0.25, 0.3) is 11.6 Å². The molecule has 3 rings (SSSR count). The third-order valence-corrected chi connectivity index (χ3v) is 4.83. The standard InChI is InChI=1S/C18H25N3O3/c22-18(20-15-9-10-15)13-8-11-16(17(12-13)21(23)24)19-14-6-4-2-1-3-5-7-14/h8,11-12,14-15,19H,1-7,9-10H2,(H,20,22). The van der Waals surface area contributed by atoms with Gasteiger partial charge in [-0.2, -0.15) is 0 Å². The van der Waals surface area contributed by atoms with Crippen LogP contribution in [0.4, 0.5) is 11.4 Å². The van der Waals surface area contributed by atoms with Crippen molar-refractivity contribution in [1.82, 2.24) is 5.32 Å². The minimum absolute atomic E-state index is 0.0134. The molecule has 6 heteroatoms. The first-order chi connectivity index (χ1) is 11.6. The molecule has 0 unspecified atom stereocenters. The van der Waals surface area contributed by atoms with E-state index in [2.05, 4.69) is 10.6 Å². The number of rotatable bonds is 5. The van der Waals surface area contributed by atoms with E-state index in [4.69, 9.17) is 0 Å². The lowest BCUT2D eigenvalue weighted by Gasteiger charge is -2.22. The fourth-order valence-electron chi connectivity index (χ4n) is 3.26. The molecule has 2 aliphatic rings. The van der Waals surface area contributed by atoms with E-state index in [-0.39, 0.29) is 23.7 Å². The summed E-state index contributed by atoms with van der Waals surface area (Å²) in [7, 11) is 0. The lowest BCUT2D eigenvalue weighted by Crippen LogP contribution is -2.25. The van der Waals surface area contributed by atoms with Crippen LogP contribution < -0.4 is 10.6 Å². The Bertz CT molecular complexity index is 606. The van der Waals surface area contributed by atoms with Gasteiger partial charge in [0, 0.05) is 23.7 Å². The van der Waals surface area contributed by atoms with Crippen LogP contribution in [0.2, 0.25) is 0 Å². The van der Waals surface area contributed by atoms with Crippen molar-refractivity contribution in [3.63, 3.8) is 0 Å². The molecular weight excluding hydrogens is 306 g/mol. The molecule has 0 saturated heterocycles. The summed E-state index contributed by atoms with van der Waals surface area (Å²) in [6.45, 7) is 0. The van der Waals surface area contributed by atoms with E-state index in [0.717, 1.165) is 38.5 Å². The second-order valence-electron chi connectivity index (χ2n) is 6.92. The highest BCUT2D eigenvalue weighted by Gasteiger charge is 2.25. The topological polar surface area (TPSA) is 84.3 Å². The van der Waals surface area contributed by atoms with Gasteiger partial charge in [0.2, 0.25) is 0 Å². The zero-order valence-corrected chi connectivity index (χ0v) is 13.9. The molecule has 0 bridgehead atoms. The Hall–Kier alpha value is -2.11. The highest BCUT2D eigenvalue weighted by Crippen LogP contribution is 2.29. The Morgan fingerprint density at radius 1 is 1.00 bits per heavy atom. The Morgan fingerprint density at radius 2 is 1.67 bits per heavy atom. The van der Waals surface area contributed by atoms with Crippen LogP contribution in [0.25, 0.3) is 0 Å². The largest absolute Gasteiger partial charge is 0.377 e. The number of nitrogens with one attached hydrogen (secondary N) is 2. The Labute approximate surface area is 142 Å². The predicted molar refractivity (Wildman–Crippen MR) is 93.3 cm³/mol. The summed E-state index contributed by atoms with van der Waals surface area (Å²) in [6.07, 6.45) is 10.2. The van der Waals surface area contributed by atoms with Crippen LogP contribution in [-0.4, -0.2) is 22.9 Å². The van der Waals surface area contributed by atoms with Gasteiger partial charge in [0.05, 0.1) is 4.92 Å². The van der Waals surface area contributed by atoms with Crippen LogP contribution >= 0.6 is 0 Å². The van der Waals surface area contributed by atoms with E-state index in [1.807, 2.05) is 0 Å². The molecule has 2 saturated carbocycles. The molecule has 0 spiro atoms. The number of carbonyl (C=O) groups excluding carboxylic acids is 1. The highest BCUT2D eigenvalue weighted by molar-refractivity contribution is 5.96. The van der Waals surface area contributed by atoms with Crippen molar-refractivity contribution in [2.45, 2.75) is 69.9 Å². The molecule has 24 heavy (non-hydrogen) atoms. The normalized spacial score (nSPS) is 19.2. The van der Waals surface area contributed by atoms with Crippen LogP contribution in [0.3, 0.4) is 0 Å². The monoisotopic (exact) mass is 331 g/mol. The molecule has 130 valence electrons. The Balaban J connectivity index is 1.73. The van der Waals surface area contributed by atoms with Gasteiger partial charge in [-0.25, -0.2) is 0 Å². The fourth-order valence-corrected chi connectivity index (χ4v) is 3.26. The molecule has 0 heterocycles. The molecule has 0 radical (unpaired) electrons. The van der Waals surface area contributed by atoms with Crippen molar-refractivity contribution < 1.29 is 9.72 Å². The van der Waals surface area contributed by atoms with Crippen molar-refractivity contribution in [3.8, 4) is 0 Å². The number of hydrogen-bond donors (Lipinski definition) is 2. The Kier molecular flexibility index (Phi) is 5.33. The van der Waals surface area contributed by atoms with Crippen molar-refractivity contribution in [1.29, 1.82) is 0 Å². The maximum atomic E-state index is 12.1. The van der Waals surface area contributed by atoms with Gasteiger partial charge in [-0.1, -0.05) is 32.1 Å². The van der Waals surface area contributed by atoms with E-state index in [9.17, 15) is 14.9 Å². The fraction of sp³-hybridized carbons (Fsp3) is 0.611. The third kappa shape index (κ3) is 4.46. The van der Waals surface area contributed by atoms with Gasteiger partial charge in [-0.3, -0.25) is 14.9 Å². The molecule has 2 fully saturated rings. The average Bonchev–Trinajstić information content (AvgIpc) is 3.33. The van der Waals surface area contributed by atoms with Gasteiger partial charge >= 0.3 is 0 Å². The maximum absolute atomic E-state index is 12.1.